The molecule has 9 nitrogen and oxygen atoms in total. The van der Waals surface area contributed by atoms with Crippen LogP contribution in [0, 0.1) is 10.1 Å². The van der Waals surface area contributed by atoms with Gasteiger partial charge in [-0.05, 0) is 0 Å². The van der Waals surface area contributed by atoms with Gasteiger partial charge in [-0.25, -0.2) is 9.78 Å². The highest BCUT2D eigenvalue weighted by molar-refractivity contribution is 5.93. The van der Waals surface area contributed by atoms with Crippen molar-refractivity contribution in [1.29, 1.82) is 0 Å². The molecular weight excluding hydrogens is 270 g/mol. The Bertz CT molecular complexity index is 541. The topological polar surface area (TPSA) is 135 Å². The fourth-order valence-corrected chi connectivity index (χ4v) is 1.85. The van der Waals surface area contributed by atoms with Crippen LogP contribution in [0.25, 0.3) is 0 Å². The number of hydrogen-bond acceptors (Lipinski definition) is 7. The highest BCUT2D eigenvalue weighted by atomic mass is 16.6. The number of nitrogens with one attached hydrogen (secondary N) is 1. The van der Waals surface area contributed by atoms with Gasteiger partial charge in [0.15, 0.2) is 0 Å². The highest BCUT2D eigenvalue weighted by Crippen LogP contribution is 2.22. The van der Waals surface area contributed by atoms with Gasteiger partial charge >= 0.3 is 11.7 Å². The lowest BCUT2D eigenvalue weighted by atomic mass is 10.0. The lowest BCUT2D eigenvalue weighted by Crippen LogP contribution is -2.37. The predicted molar refractivity (Wildman–Crippen MR) is 66.7 cm³/mol. The first-order valence-electron chi connectivity index (χ1n) is 5.83. The van der Waals surface area contributed by atoms with Crippen LogP contribution in [0.4, 0.5) is 11.5 Å². The molecule has 1 aliphatic rings. The molecule has 3 N–H and O–H groups in total. The molecule has 1 aromatic rings. The third-order valence-electron chi connectivity index (χ3n) is 2.99. The minimum Gasteiger partial charge on any atom is -0.477 e. The number of pyridine rings is 1. The Labute approximate surface area is 113 Å². The lowest BCUT2D eigenvalue weighted by Gasteiger charge is -2.20. The van der Waals surface area contributed by atoms with Gasteiger partial charge in [-0.2, -0.15) is 0 Å². The summed E-state index contributed by atoms with van der Waals surface area (Å²) in [6.07, 6.45) is 1.33. The van der Waals surface area contributed by atoms with E-state index in [4.69, 9.17) is 9.84 Å². The predicted octanol–water partition coefficient (Wildman–Crippen LogP) is 0.251. The van der Waals surface area contributed by atoms with Crippen LogP contribution in [0.3, 0.4) is 0 Å². The first kappa shape index (κ1) is 14.2. The Morgan fingerprint density at radius 1 is 1.65 bits per heavy atom. The fraction of sp³-hybridized carbons (Fsp3) is 0.455. The minimum absolute atomic E-state index is 0.122. The average molecular weight is 283 g/mol. The molecule has 1 unspecified atom stereocenters. The van der Waals surface area contributed by atoms with Gasteiger partial charge < -0.3 is 20.3 Å². The molecule has 2 heterocycles. The first-order chi connectivity index (χ1) is 9.41. The Hall–Kier alpha value is -2.26. The van der Waals surface area contributed by atoms with E-state index in [2.05, 4.69) is 10.3 Å². The maximum atomic E-state index is 11.0. The Balaban J connectivity index is 2.15. The summed E-state index contributed by atoms with van der Waals surface area (Å²) < 4.78 is 5.07. The molecular formula is C11H13N3O6. The number of aromatic carboxylic acids is 1. The van der Waals surface area contributed by atoms with E-state index in [1.54, 1.807) is 0 Å². The van der Waals surface area contributed by atoms with Crippen LogP contribution in [0.1, 0.15) is 16.8 Å². The van der Waals surface area contributed by atoms with Crippen LogP contribution in [-0.2, 0) is 4.74 Å². The van der Waals surface area contributed by atoms with E-state index >= 15 is 0 Å². The summed E-state index contributed by atoms with van der Waals surface area (Å²) in [5, 5.41) is 32.4. The molecule has 0 spiro atoms. The molecule has 9 heteroatoms. The van der Waals surface area contributed by atoms with Crippen LogP contribution in [-0.4, -0.2) is 51.4 Å². The maximum Gasteiger partial charge on any atom is 0.342 e. The molecule has 0 radical (unpaired) electrons. The van der Waals surface area contributed by atoms with Crippen LogP contribution in [0.15, 0.2) is 12.3 Å². The number of ether oxygens (including phenoxy) is 1. The van der Waals surface area contributed by atoms with E-state index in [9.17, 15) is 20.0 Å². The molecule has 1 fully saturated rings. The number of carbonyl (C=O) groups is 1. The quantitative estimate of drug-likeness (QED) is 0.517. The van der Waals surface area contributed by atoms with Crippen molar-refractivity contribution in [3.05, 3.63) is 27.9 Å². The largest absolute Gasteiger partial charge is 0.477 e. The molecule has 1 atom stereocenters. The molecule has 0 amide bonds. The zero-order valence-electron chi connectivity index (χ0n) is 10.4. The van der Waals surface area contributed by atoms with Crippen LogP contribution >= 0.6 is 0 Å². The molecule has 0 aromatic carbocycles. The lowest BCUT2D eigenvalue weighted by molar-refractivity contribution is -0.385. The molecule has 1 saturated heterocycles. The van der Waals surface area contributed by atoms with Crippen molar-refractivity contribution >= 4 is 17.5 Å². The summed E-state index contributed by atoms with van der Waals surface area (Å²) in [5.74, 6) is -1.27. The van der Waals surface area contributed by atoms with Crippen molar-refractivity contribution in [2.75, 3.05) is 25.1 Å². The van der Waals surface area contributed by atoms with Gasteiger partial charge in [0.2, 0.25) is 0 Å². The van der Waals surface area contributed by atoms with Crippen molar-refractivity contribution < 1.29 is 24.7 Å². The molecule has 0 bridgehead atoms. The summed E-state index contributed by atoms with van der Waals surface area (Å²) in [5.41, 5.74) is -2.07. The summed E-state index contributed by atoms with van der Waals surface area (Å²) in [6, 6.07) is 1.07. The molecule has 1 aliphatic heterocycles. The van der Waals surface area contributed by atoms with E-state index in [-0.39, 0.29) is 19.0 Å². The number of aliphatic hydroxyl groups is 1. The molecule has 0 aliphatic carbocycles. The zero-order chi connectivity index (χ0) is 14.8. The van der Waals surface area contributed by atoms with Gasteiger partial charge in [-0.3, -0.25) is 10.1 Å². The maximum absolute atomic E-state index is 11.0. The average Bonchev–Trinajstić information content (AvgIpc) is 2.83. The normalized spacial score (nSPS) is 21.6. The third-order valence-corrected chi connectivity index (χ3v) is 2.99. The van der Waals surface area contributed by atoms with E-state index in [1.165, 1.54) is 0 Å². The van der Waals surface area contributed by atoms with Crippen molar-refractivity contribution in [1.82, 2.24) is 4.98 Å². The van der Waals surface area contributed by atoms with Gasteiger partial charge in [0, 0.05) is 25.6 Å². The Morgan fingerprint density at radius 3 is 2.95 bits per heavy atom. The molecule has 0 saturated carbocycles. The second-order valence-electron chi connectivity index (χ2n) is 4.53. The zero-order valence-corrected chi connectivity index (χ0v) is 10.4. The standard InChI is InChI=1S/C11H13N3O6/c15-10(16)7-3-9(12-4-8(7)14(18)19)13-5-11(17)1-2-20-6-11/h3-4,17H,1-2,5-6H2,(H,12,13)(H,15,16). The smallest absolute Gasteiger partial charge is 0.342 e. The van der Waals surface area contributed by atoms with E-state index < -0.39 is 27.7 Å². The van der Waals surface area contributed by atoms with Gasteiger partial charge in [0.05, 0.1) is 11.5 Å². The number of carboxylic acids is 1. The SMILES string of the molecule is O=C(O)c1cc(NCC2(O)CCOC2)ncc1[N+](=O)[O-]. The number of rotatable bonds is 5. The van der Waals surface area contributed by atoms with Crippen molar-refractivity contribution in [2.45, 2.75) is 12.0 Å². The molecule has 2 rings (SSSR count). The monoisotopic (exact) mass is 283 g/mol. The van der Waals surface area contributed by atoms with E-state index in [0.29, 0.717) is 13.0 Å². The number of aromatic nitrogens is 1. The fourth-order valence-electron chi connectivity index (χ4n) is 1.85. The van der Waals surface area contributed by atoms with Crippen molar-refractivity contribution in [2.24, 2.45) is 0 Å². The summed E-state index contributed by atoms with van der Waals surface area (Å²) in [7, 11) is 0. The molecule has 1 aromatic heterocycles. The summed E-state index contributed by atoms with van der Waals surface area (Å²) in [4.78, 5) is 24.6. The van der Waals surface area contributed by atoms with Gasteiger partial charge in [0.1, 0.15) is 23.2 Å². The van der Waals surface area contributed by atoms with Gasteiger partial charge in [0.25, 0.3) is 0 Å². The van der Waals surface area contributed by atoms with E-state index in [0.717, 1.165) is 12.3 Å². The molecule has 108 valence electrons. The highest BCUT2D eigenvalue weighted by Gasteiger charge is 2.32. The second-order valence-corrected chi connectivity index (χ2v) is 4.53. The molecule has 20 heavy (non-hydrogen) atoms. The number of hydrogen-bond donors (Lipinski definition) is 3. The number of nitrogens with zero attached hydrogens (tertiary/aromatic N) is 2. The second kappa shape index (κ2) is 5.39. The van der Waals surface area contributed by atoms with E-state index in [1.807, 2.05) is 0 Å². The van der Waals surface area contributed by atoms with Crippen LogP contribution in [0.5, 0.6) is 0 Å². The Morgan fingerprint density at radius 2 is 2.40 bits per heavy atom. The third kappa shape index (κ3) is 3.00. The van der Waals surface area contributed by atoms with Gasteiger partial charge in [-0.15, -0.1) is 0 Å². The Kier molecular flexibility index (Phi) is 3.81. The van der Waals surface area contributed by atoms with Gasteiger partial charge in [-0.1, -0.05) is 0 Å². The summed E-state index contributed by atoms with van der Waals surface area (Å²) >= 11 is 0. The number of carboxylic acid groups (broad SMARTS) is 1. The number of nitro groups is 1. The first-order valence-corrected chi connectivity index (χ1v) is 5.83. The van der Waals surface area contributed by atoms with Crippen LogP contribution in [0.2, 0.25) is 0 Å². The van der Waals surface area contributed by atoms with Crippen LogP contribution < -0.4 is 5.32 Å². The number of anilines is 1. The van der Waals surface area contributed by atoms with Crippen molar-refractivity contribution in [3.63, 3.8) is 0 Å². The van der Waals surface area contributed by atoms with Crippen molar-refractivity contribution in [3.8, 4) is 0 Å². The minimum atomic E-state index is -1.41. The summed E-state index contributed by atoms with van der Waals surface area (Å²) in [6.45, 7) is 0.752.